The zero-order chi connectivity index (χ0) is 30.6. The lowest BCUT2D eigenvalue weighted by atomic mass is 10.2. The number of aromatic nitrogens is 4. The number of aliphatic hydroxyl groups excluding tert-OH is 1. The molecule has 2 aromatic heterocycles. The van der Waals surface area contributed by atoms with Crippen molar-refractivity contribution in [1.29, 1.82) is 0 Å². The fourth-order valence-electron chi connectivity index (χ4n) is 4.24. The predicted octanol–water partition coefficient (Wildman–Crippen LogP) is 4.06. The molecule has 1 aromatic carbocycles. The molecule has 0 atom stereocenters. The van der Waals surface area contributed by atoms with E-state index in [1.165, 1.54) is 21.8 Å². The third-order valence-corrected chi connectivity index (χ3v) is 6.39. The molecule has 0 radical (unpaired) electrons. The van der Waals surface area contributed by atoms with E-state index >= 15 is 0 Å². The lowest BCUT2D eigenvalue weighted by Gasteiger charge is -2.36. The lowest BCUT2D eigenvalue weighted by Crippen LogP contribution is -2.51. The molecule has 224 valence electrons. The second-order valence-corrected chi connectivity index (χ2v) is 10.6. The summed E-state index contributed by atoms with van der Waals surface area (Å²) in [6, 6.07) is 6.53. The molecule has 1 saturated heterocycles. The molecule has 0 saturated carbocycles. The summed E-state index contributed by atoms with van der Waals surface area (Å²) in [6.45, 7) is 10.8. The van der Waals surface area contributed by atoms with Crippen LogP contribution in [0.5, 0.6) is 0 Å². The topological polar surface area (TPSA) is 130 Å². The van der Waals surface area contributed by atoms with Crippen LogP contribution in [0, 0.1) is 0 Å². The van der Waals surface area contributed by atoms with Gasteiger partial charge in [-0.05, 0) is 44.5 Å². The number of amides is 2. The minimum absolute atomic E-state index is 0.0597. The first-order valence-electron chi connectivity index (χ1n) is 13.3. The van der Waals surface area contributed by atoms with Crippen LogP contribution in [0.15, 0.2) is 54.3 Å². The highest BCUT2D eigenvalue weighted by Crippen LogP contribution is 2.29. The second-order valence-electron chi connectivity index (χ2n) is 10.6. The van der Waals surface area contributed by atoms with Crippen LogP contribution in [-0.4, -0.2) is 84.1 Å². The van der Waals surface area contributed by atoms with E-state index in [1.54, 1.807) is 42.3 Å². The third kappa shape index (κ3) is 7.00. The molecular formula is C28H34F2N8O4. The van der Waals surface area contributed by atoms with E-state index < -0.39 is 29.7 Å². The summed E-state index contributed by atoms with van der Waals surface area (Å²) < 4.78 is 35.8. The molecule has 3 heterocycles. The summed E-state index contributed by atoms with van der Waals surface area (Å²) in [7, 11) is 1.61. The number of amidine groups is 1. The average Bonchev–Trinajstić information content (AvgIpc) is 3.54. The summed E-state index contributed by atoms with van der Waals surface area (Å²) in [5, 5.41) is 19.9. The zero-order valence-corrected chi connectivity index (χ0v) is 23.9. The molecule has 14 heteroatoms. The minimum atomic E-state index is -2.95. The van der Waals surface area contributed by atoms with Crippen molar-refractivity contribution in [3.05, 3.63) is 66.1 Å². The molecule has 12 nitrogen and oxygen atoms in total. The van der Waals surface area contributed by atoms with Crippen molar-refractivity contribution in [2.75, 3.05) is 31.5 Å². The maximum Gasteiger partial charge on any atom is 0.410 e. The molecule has 0 unspecified atom stereocenters. The van der Waals surface area contributed by atoms with Crippen LogP contribution < -0.4 is 5.32 Å². The fraction of sp³-hybridized carbons (Fsp3) is 0.393. The van der Waals surface area contributed by atoms with Crippen LogP contribution in [0.1, 0.15) is 48.8 Å². The summed E-state index contributed by atoms with van der Waals surface area (Å²) in [5.74, 6) is -0.0384. The molecule has 0 aliphatic carbocycles. The molecule has 2 N–H and O–H groups in total. The maximum absolute atomic E-state index is 13.8. The van der Waals surface area contributed by atoms with Crippen LogP contribution in [0.2, 0.25) is 0 Å². The molecule has 1 fully saturated rings. The number of carbonyl (C=O) groups excluding carboxylic acids is 2. The highest BCUT2D eigenvalue weighted by Gasteiger charge is 2.28. The van der Waals surface area contributed by atoms with E-state index in [0.717, 1.165) is 0 Å². The minimum Gasteiger partial charge on any atom is -0.444 e. The maximum atomic E-state index is 13.8. The normalized spacial score (nSPS) is 14.3. The van der Waals surface area contributed by atoms with Gasteiger partial charge in [0.2, 0.25) is 0 Å². The first kappa shape index (κ1) is 30.4. The molecule has 0 bridgehead atoms. The number of nitrogens with zero attached hydrogens (tertiary/aromatic N) is 7. The molecule has 1 aliphatic heterocycles. The van der Waals surface area contributed by atoms with Gasteiger partial charge in [0.15, 0.2) is 11.5 Å². The van der Waals surface area contributed by atoms with E-state index in [4.69, 9.17) is 4.74 Å². The van der Waals surface area contributed by atoms with Gasteiger partial charge in [0.05, 0.1) is 30.4 Å². The quantitative estimate of drug-likeness (QED) is 0.317. The van der Waals surface area contributed by atoms with Gasteiger partial charge in [-0.3, -0.25) is 9.48 Å². The van der Waals surface area contributed by atoms with Gasteiger partial charge in [0, 0.05) is 33.2 Å². The van der Waals surface area contributed by atoms with E-state index in [1.807, 2.05) is 25.7 Å². The zero-order valence-electron chi connectivity index (χ0n) is 23.9. The highest BCUT2D eigenvalue weighted by atomic mass is 19.3. The number of rotatable bonds is 7. The van der Waals surface area contributed by atoms with Crippen molar-refractivity contribution < 1.29 is 28.2 Å². The average molecular weight is 585 g/mol. The first-order valence-corrected chi connectivity index (χ1v) is 13.3. The van der Waals surface area contributed by atoms with Crippen LogP contribution in [0.25, 0.3) is 5.69 Å². The number of piperazine rings is 1. The van der Waals surface area contributed by atoms with Gasteiger partial charge in [-0.2, -0.15) is 10.2 Å². The van der Waals surface area contributed by atoms with Gasteiger partial charge < -0.3 is 25.0 Å². The van der Waals surface area contributed by atoms with Gasteiger partial charge in [-0.1, -0.05) is 18.7 Å². The molecule has 0 spiro atoms. The molecule has 42 heavy (non-hydrogen) atoms. The van der Waals surface area contributed by atoms with Gasteiger partial charge in [-0.25, -0.2) is 23.2 Å². The number of aryl methyl sites for hydroxylation is 1. The van der Waals surface area contributed by atoms with Gasteiger partial charge >= 0.3 is 6.09 Å². The summed E-state index contributed by atoms with van der Waals surface area (Å²) >= 11 is 0. The van der Waals surface area contributed by atoms with E-state index in [-0.39, 0.29) is 23.7 Å². The lowest BCUT2D eigenvalue weighted by molar-refractivity contribution is 0.0187. The summed E-state index contributed by atoms with van der Waals surface area (Å²) in [4.78, 5) is 33.9. The Bertz CT molecular complexity index is 1470. The fourth-order valence-corrected chi connectivity index (χ4v) is 4.24. The number of aliphatic hydroxyl groups is 1. The predicted molar refractivity (Wildman–Crippen MR) is 152 cm³/mol. The Morgan fingerprint density at radius 3 is 2.38 bits per heavy atom. The number of nitrogens with one attached hydrogen (secondary N) is 1. The van der Waals surface area contributed by atoms with Gasteiger partial charge in [0.1, 0.15) is 17.0 Å². The number of ether oxygens (including phenoxy) is 1. The van der Waals surface area contributed by atoms with Crippen LogP contribution in [-0.2, 0) is 18.4 Å². The largest absolute Gasteiger partial charge is 0.444 e. The molecule has 3 aromatic rings. The number of benzene rings is 1. The van der Waals surface area contributed by atoms with Crippen LogP contribution >= 0.6 is 0 Å². The number of alkyl halides is 2. The third-order valence-electron chi connectivity index (χ3n) is 6.39. The number of hydrogen-bond acceptors (Lipinski definition) is 7. The number of anilines is 1. The summed E-state index contributed by atoms with van der Waals surface area (Å²) in [5.41, 5.74) is -0.172. The monoisotopic (exact) mass is 584 g/mol. The Hall–Kier alpha value is -4.59. The number of halogens is 2. The Morgan fingerprint density at radius 2 is 1.81 bits per heavy atom. The van der Waals surface area contributed by atoms with Crippen molar-refractivity contribution in [2.24, 2.45) is 12.0 Å². The molecule has 1 aliphatic rings. The number of hydrogen-bond donors (Lipinski definition) is 2. The first-order chi connectivity index (χ1) is 19.9. The Morgan fingerprint density at radius 1 is 1.17 bits per heavy atom. The number of carbonyl (C=O) groups is 2. The molecule has 2 amide bonds. The van der Waals surface area contributed by atoms with Crippen molar-refractivity contribution in [2.45, 2.75) is 39.4 Å². The van der Waals surface area contributed by atoms with Crippen molar-refractivity contribution in [1.82, 2.24) is 29.4 Å². The Kier molecular flexibility index (Phi) is 9.05. The summed E-state index contributed by atoms with van der Waals surface area (Å²) in [6.07, 6.45) is 0.801. The van der Waals surface area contributed by atoms with Gasteiger partial charge in [0.25, 0.3) is 12.3 Å². The SMILES string of the molecule is C=C/C(=N\c1c(C(=O)Nc2cn(-c3ccc(CO)cc3)nc2C(F)F)cnn1C)N1CCN(C(=O)OC(C)(C)C)CC1. The van der Waals surface area contributed by atoms with Crippen molar-refractivity contribution in [3.8, 4) is 5.69 Å². The second kappa shape index (κ2) is 12.5. The van der Waals surface area contributed by atoms with Crippen molar-refractivity contribution >= 4 is 29.3 Å². The Balaban J connectivity index is 1.52. The van der Waals surface area contributed by atoms with Crippen molar-refractivity contribution in [3.63, 3.8) is 0 Å². The highest BCUT2D eigenvalue weighted by molar-refractivity contribution is 6.08. The van der Waals surface area contributed by atoms with Crippen LogP contribution in [0.4, 0.5) is 25.1 Å². The van der Waals surface area contributed by atoms with Gasteiger partial charge in [-0.15, -0.1) is 0 Å². The molecular weight excluding hydrogens is 550 g/mol. The van der Waals surface area contributed by atoms with E-state index in [0.29, 0.717) is 43.3 Å². The Labute approximate surface area is 241 Å². The smallest absolute Gasteiger partial charge is 0.410 e. The number of aliphatic imine (C=N–C) groups is 1. The standard InChI is InChI=1S/C28H34F2N8O4/c1-6-22(36-11-13-37(14-12-36)27(41)42-28(2,3)4)33-25-20(15-31-35(25)5)26(40)32-21-16-38(34-23(21)24(29)30)19-9-7-18(17-39)8-10-19/h6-10,15-16,24,39H,1,11-14,17H2,2-5H3,(H,32,40)/b33-22+. The van der Waals surface area contributed by atoms with E-state index in [9.17, 15) is 23.5 Å². The van der Waals surface area contributed by atoms with Crippen LogP contribution in [0.3, 0.4) is 0 Å². The van der Waals surface area contributed by atoms with E-state index in [2.05, 4.69) is 27.1 Å². The molecule has 4 rings (SSSR count).